The predicted molar refractivity (Wildman–Crippen MR) is 86.2 cm³/mol. The van der Waals surface area contributed by atoms with Crippen LogP contribution in [-0.2, 0) is 4.79 Å². The highest BCUT2D eigenvalue weighted by Gasteiger charge is 2.02. The van der Waals surface area contributed by atoms with Gasteiger partial charge in [0.15, 0.2) is 6.61 Å². The third-order valence-electron chi connectivity index (χ3n) is 2.99. The van der Waals surface area contributed by atoms with Gasteiger partial charge >= 0.3 is 0 Å². The Balaban J connectivity index is 1.79. The molecular formula is C16H18N2O2S. The van der Waals surface area contributed by atoms with Crippen LogP contribution in [0.4, 0.5) is 0 Å². The number of hydrazone groups is 1. The molecule has 2 aromatic rings. The van der Waals surface area contributed by atoms with E-state index in [0.717, 1.165) is 10.4 Å². The highest BCUT2D eigenvalue weighted by molar-refractivity contribution is 7.13. The number of amides is 1. The van der Waals surface area contributed by atoms with E-state index in [1.165, 1.54) is 10.4 Å². The molecule has 0 saturated carbocycles. The van der Waals surface area contributed by atoms with Crippen LogP contribution in [0.2, 0.25) is 0 Å². The number of benzene rings is 1. The Kier molecular flexibility index (Phi) is 5.11. The largest absolute Gasteiger partial charge is 0.484 e. The van der Waals surface area contributed by atoms with Crippen LogP contribution in [0.5, 0.6) is 5.75 Å². The predicted octanol–water partition coefficient (Wildman–Crippen LogP) is 3.20. The number of hydrogen-bond acceptors (Lipinski definition) is 4. The Hall–Kier alpha value is -2.14. The molecule has 0 bridgehead atoms. The molecule has 0 radical (unpaired) electrons. The second-order valence-corrected chi connectivity index (χ2v) is 6.10. The molecule has 2 rings (SSSR count). The minimum atomic E-state index is -0.280. The van der Waals surface area contributed by atoms with Crippen molar-refractivity contribution in [1.29, 1.82) is 0 Å². The zero-order valence-electron chi connectivity index (χ0n) is 12.3. The molecule has 1 heterocycles. The summed E-state index contributed by atoms with van der Waals surface area (Å²) in [6.07, 6.45) is 1.63. The fourth-order valence-corrected chi connectivity index (χ4v) is 2.42. The minimum absolute atomic E-state index is 0.0523. The number of thiophene rings is 1. The van der Waals surface area contributed by atoms with Gasteiger partial charge in [0.1, 0.15) is 5.75 Å². The SMILES string of the molecule is Cc1ccc(/C=N\NC(=O)COc2ccc(C)c(C)c2)s1. The van der Waals surface area contributed by atoms with E-state index < -0.39 is 0 Å². The molecule has 0 saturated heterocycles. The summed E-state index contributed by atoms with van der Waals surface area (Å²) in [4.78, 5) is 13.8. The number of carbonyl (C=O) groups excluding carboxylic acids is 1. The summed E-state index contributed by atoms with van der Waals surface area (Å²) in [5, 5.41) is 3.90. The highest BCUT2D eigenvalue weighted by atomic mass is 32.1. The van der Waals surface area contributed by atoms with Gasteiger partial charge in [0, 0.05) is 9.75 Å². The molecule has 0 aliphatic rings. The summed E-state index contributed by atoms with van der Waals surface area (Å²) >= 11 is 1.62. The number of nitrogens with zero attached hydrogens (tertiary/aromatic N) is 1. The summed E-state index contributed by atoms with van der Waals surface area (Å²) < 4.78 is 5.43. The lowest BCUT2D eigenvalue weighted by Gasteiger charge is -2.07. The first-order valence-electron chi connectivity index (χ1n) is 6.63. The van der Waals surface area contributed by atoms with Crippen LogP contribution in [0.25, 0.3) is 0 Å². The van der Waals surface area contributed by atoms with Crippen molar-refractivity contribution >= 4 is 23.5 Å². The van der Waals surface area contributed by atoms with Crippen molar-refractivity contribution in [3.05, 3.63) is 51.2 Å². The molecule has 0 atom stereocenters. The second-order valence-electron chi connectivity index (χ2n) is 4.78. The van der Waals surface area contributed by atoms with Gasteiger partial charge in [0.05, 0.1) is 6.21 Å². The first-order chi connectivity index (χ1) is 10.0. The maximum Gasteiger partial charge on any atom is 0.277 e. The molecule has 0 aliphatic heterocycles. The maximum atomic E-state index is 11.6. The fourth-order valence-electron chi connectivity index (χ4n) is 1.68. The number of rotatable bonds is 5. The summed E-state index contributed by atoms with van der Waals surface area (Å²) in [7, 11) is 0. The number of aryl methyl sites for hydroxylation is 3. The molecule has 0 spiro atoms. The quantitative estimate of drug-likeness (QED) is 0.681. The Morgan fingerprint density at radius 3 is 2.71 bits per heavy atom. The van der Waals surface area contributed by atoms with Gasteiger partial charge in [0.25, 0.3) is 5.91 Å². The van der Waals surface area contributed by atoms with Gasteiger partial charge in [-0.3, -0.25) is 4.79 Å². The van der Waals surface area contributed by atoms with E-state index in [9.17, 15) is 4.79 Å². The lowest BCUT2D eigenvalue weighted by atomic mass is 10.1. The number of hydrogen-bond donors (Lipinski definition) is 1. The molecular weight excluding hydrogens is 284 g/mol. The molecule has 1 N–H and O–H groups in total. The Morgan fingerprint density at radius 1 is 1.24 bits per heavy atom. The van der Waals surface area contributed by atoms with Crippen LogP contribution < -0.4 is 10.2 Å². The summed E-state index contributed by atoms with van der Waals surface area (Å²) in [6, 6.07) is 9.71. The van der Waals surface area contributed by atoms with E-state index in [2.05, 4.69) is 10.5 Å². The fraction of sp³-hybridized carbons (Fsp3) is 0.250. The lowest BCUT2D eigenvalue weighted by molar-refractivity contribution is -0.123. The summed E-state index contributed by atoms with van der Waals surface area (Å²) in [5.74, 6) is 0.406. The zero-order valence-corrected chi connectivity index (χ0v) is 13.2. The standard InChI is InChI=1S/C16H18N2O2S/c1-11-4-6-14(8-12(11)2)20-10-16(19)18-17-9-15-7-5-13(3)21-15/h4-9H,10H2,1-3H3,(H,18,19)/b17-9-. The smallest absolute Gasteiger partial charge is 0.277 e. The Labute approximate surface area is 128 Å². The molecule has 1 aromatic carbocycles. The van der Waals surface area contributed by atoms with E-state index in [-0.39, 0.29) is 12.5 Å². The van der Waals surface area contributed by atoms with Crippen LogP contribution in [-0.4, -0.2) is 18.7 Å². The topological polar surface area (TPSA) is 50.7 Å². The highest BCUT2D eigenvalue weighted by Crippen LogP contribution is 2.16. The van der Waals surface area contributed by atoms with Crippen molar-refractivity contribution in [1.82, 2.24) is 5.43 Å². The van der Waals surface area contributed by atoms with Crippen molar-refractivity contribution in [2.45, 2.75) is 20.8 Å². The van der Waals surface area contributed by atoms with Crippen LogP contribution >= 0.6 is 11.3 Å². The van der Waals surface area contributed by atoms with Crippen molar-refractivity contribution < 1.29 is 9.53 Å². The first kappa shape index (κ1) is 15.3. The number of nitrogens with one attached hydrogen (secondary N) is 1. The average Bonchev–Trinajstić information content (AvgIpc) is 2.86. The van der Waals surface area contributed by atoms with E-state index in [1.54, 1.807) is 17.6 Å². The first-order valence-corrected chi connectivity index (χ1v) is 7.44. The van der Waals surface area contributed by atoms with Crippen LogP contribution in [0.15, 0.2) is 35.4 Å². The van der Waals surface area contributed by atoms with Gasteiger partial charge in [-0.25, -0.2) is 5.43 Å². The summed E-state index contributed by atoms with van der Waals surface area (Å²) in [5.41, 5.74) is 4.78. The monoisotopic (exact) mass is 302 g/mol. The maximum absolute atomic E-state index is 11.6. The van der Waals surface area contributed by atoms with Gasteiger partial charge in [-0.05, 0) is 56.2 Å². The number of ether oxygens (including phenoxy) is 1. The second kappa shape index (κ2) is 7.04. The van der Waals surface area contributed by atoms with Gasteiger partial charge in [0.2, 0.25) is 0 Å². The molecule has 1 aromatic heterocycles. The zero-order chi connectivity index (χ0) is 15.2. The third-order valence-corrected chi connectivity index (χ3v) is 3.93. The normalized spacial score (nSPS) is 10.8. The Bertz CT molecular complexity index is 662. The molecule has 1 amide bonds. The van der Waals surface area contributed by atoms with Crippen LogP contribution in [0.1, 0.15) is 20.9 Å². The van der Waals surface area contributed by atoms with Gasteiger partial charge < -0.3 is 4.74 Å². The Morgan fingerprint density at radius 2 is 2.05 bits per heavy atom. The lowest BCUT2D eigenvalue weighted by Crippen LogP contribution is -2.24. The summed E-state index contributed by atoms with van der Waals surface area (Å²) in [6.45, 7) is 6.02. The van der Waals surface area contributed by atoms with Gasteiger partial charge in [-0.1, -0.05) is 6.07 Å². The van der Waals surface area contributed by atoms with E-state index >= 15 is 0 Å². The molecule has 0 aliphatic carbocycles. The average molecular weight is 302 g/mol. The van der Waals surface area contributed by atoms with Gasteiger partial charge in [-0.2, -0.15) is 5.10 Å². The van der Waals surface area contributed by atoms with Gasteiger partial charge in [-0.15, -0.1) is 11.3 Å². The third kappa shape index (κ3) is 4.72. The van der Waals surface area contributed by atoms with E-state index in [1.807, 2.05) is 51.1 Å². The van der Waals surface area contributed by atoms with Crippen LogP contribution in [0, 0.1) is 20.8 Å². The van der Waals surface area contributed by atoms with Crippen molar-refractivity contribution in [2.75, 3.05) is 6.61 Å². The van der Waals surface area contributed by atoms with Crippen molar-refractivity contribution in [3.8, 4) is 5.75 Å². The van der Waals surface area contributed by atoms with Crippen LogP contribution in [0.3, 0.4) is 0 Å². The molecule has 4 nitrogen and oxygen atoms in total. The number of carbonyl (C=O) groups is 1. The van der Waals surface area contributed by atoms with E-state index in [4.69, 9.17) is 4.74 Å². The van der Waals surface area contributed by atoms with Crippen molar-refractivity contribution in [3.63, 3.8) is 0 Å². The molecule has 21 heavy (non-hydrogen) atoms. The molecule has 0 unspecified atom stereocenters. The van der Waals surface area contributed by atoms with Crippen molar-refractivity contribution in [2.24, 2.45) is 5.10 Å². The van der Waals surface area contributed by atoms with E-state index in [0.29, 0.717) is 5.75 Å². The minimum Gasteiger partial charge on any atom is -0.484 e. The molecule has 0 fully saturated rings. The molecule has 110 valence electrons. The molecule has 5 heteroatoms.